The molecule has 0 aliphatic carbocycles. The molecule has 1 aromatic carbocycles. The summed E-state index contributed by atoms with van der Waals surface area (Å²) in [6, 6.07) is 1.69. The third-order valence-electron chi connectivity index (χ3n) is 2.07. The first-order chi connectivity index (χ1) is 6.90. The van der Waals surface area contributed by atoms with Crippen LogP contribution in [-0.2, 0) is 6.18 Å². The highest BCUT2D eigenvalue weighted by molar-refractivity contribution is 5.79. The first-order valence-electron chi connectivity index (χ1n) is 4.11. The van der Waals surface area contributed by atoms with Crippen molar-refractivity contribution in [3.63, 3.8) is 0 Å². The number of aldehydes is 1. The smallest absolute Gasteiger partial charge is 0.416 e. The van der Waals surface area contributed by atoms with E-state index in [1.54, 1.807) is 0 Å². The minimum Gasteiger partial charge on any atom is -0.496 e. The van der Waals surface area contributed by atoms with Crippen molar-refractivity contribution in [2.24, 2.45) is 0 Å². The monoisotopic (exact) mass is 218 g/mol. The third-order valence-corrected chi connectivity index (χ3v) is 2.07. The normalized spacial score (nSPS) is 11.3. The highest BCUT2D eigenvalue weighted by Crippen LogP contribution is 2.34. The first kappa shape index (κ1) is 11.6. The number of carbonyl (C=O) groups is 1. The SMILES string of the molecule is COc1cc(C(F)(F)F)cc(C=O)c1C. The average molecular weight is 218 g/mol. The zero-order chi connectivity index (χ0) is 11.6. The van der Waals surface area contributed by atoms with Gasteiger partial charge in [0.2, 0.25) is 0 Å². The van der Waals surface area contributed by atoms with Gasteiger partial charge in [0.25, 0.3) is 0 Å². The number of benzene rings is 1. The number of alkyl halides is 3. The topological polar surface area (TPSA) is 26.3 Å². The van der Waals surface area contributed by atoms with Crippen LogP contribution in [0.2, 0.25) is 0 Å². The predicted octanol–water partition coefficient (Wildman–Crippen LogP) is 2.83. The quantitative estimate of drug-likeness (QED) is 0.713. The second kappa shape index (κ2) is 3.92. The van der Waals surface area contributed by atoms with Crippen LogP contribution >= 0.6 is 0 Å². The minimum atomic E-state index is -4.47. The average Bonchev–Trinajstić information content (AvgIpc) is 2.16. The number of hydrogen-bond acceptors (Lipinski definition) is 2. The Balaban J connectivity index is 3.40. The van der Waals surface area contributed by atoms with Gasteiger partial charge in [0.1, 0.15) is 12.0 Å². The standard InChI is InChI=1S/C10H9F3O2/c1-6-7(5-14)3-8(10(11,12)13)4-9(6)15-2/h3-5H,1-2H3. The third kappa shape index (κ3) is 2.29. The van der Waals surface area contributed by atoms with Crippen molar-refractivity contribution in [1.82, 2.24) is 0 Å². The van der Waals surface area contributed by atoms with Crippen LogP contribution in [0.3, 0.4) is 0 Å². The molecule has 1 aromatic rings. The van der Waals surface area contributed by atoms with Crippen LogP contribution in [-0.4, -0.2) is 13.4 Å². The molecule has 2 nitrogen and oxygen atoms in total. The zero-order valence-electron chi connectivity index (χ0n) is 8.18. The Hall–Kier alpha value is -1.52. The van der Waals surface area contributed by atoms with E-state index in [1.165, 1.54) is 14.0 Å². The molecule has 5 heteroatoms. The van der Waals surface area contributed by atoms with Gasteiger partial charge in [0.15, 0.2) is 0 Å². The molecule has 0 aliphatic heterocycles. The lowest BCUT2D eigenvalue weighted by molar-refractivity contribution is -0.137. The molecule has 1 rings (SSSR count). The molecule has 0 fully saturated rings. The molecule has 0 N–H and O–H groups in total. The van der Waals surface area contributed by atoms with Gasteiger partial charge in [-0.2, -0.15) is 13.2 Å². The molecule has 0 saturated heterocycles. The van der Waals surface area contributed by atoms with Gasteiger partial charge in [-0.05, 0) is 19.1 Å². The fourth-order valence-corrected chi connectivity index (χ4v) is 1.21. The van der Waals surface area contributed by atoms with E-state index in [0.29, 0.717) is 11.8 Å². The molecular formula is C10H9F3O2. The van der Waals surface area contributed by atoms with Gasteiger partial charge < -0.3 is 4.74 Å². The van der Waals surface area contributed by atoms with Crippen molar-refractivity contribution in [3.8, 4) is 5.75 Å². The van der Waals surface area contributed by atoms with Crippen molar-refractivity contribution in [2.45, 2.75) is 13.1 Å². The van der Waals surface area contributed by atoms with Gasteiger partial charge in [-0.15, -0.1) is 0 Å². The Morgan fingerprint density at radius 1 is 1.33 bits per heavy atom. The van der Waals surface area contributed by atoms with E-state index in [2.05, 4.69) is 0 Å². The van der Waals surface area contributed by atoms with Crippen LogP contribution in [0.25, 0.3) is 0 Å². The van der Waals surface area contributed by atoms with Crippen LogP contribution < -0.4 is 4.74 Å². The number of carbonyl (C=O) groups excluding carboxylic acids is 1. The number of halogens is 3. The maximum absolute atomic E-state index is 12.4. The van der Waals surface area contributed by atoms with Gasteiger partial charge >= 0.3 is 6.18 Å². The lowest BCUT2D eigenvalue weighted by Crippen LogP contribution is -2.07. The molecule has 0 amide bonds. The van der Waals surface area contributed by atoms with Crippen molar-refractivity contribution in [2.75, 3.05) is 7.11 Å². The van der Waals surface area contributed by atoms with E-state index < -0.39 is 11.7 Å². The summed E-state index contributed by atoms with van der Waals surface area (Å²) in [5, 5.41) is 0. The molecule has 0 atom stereocenters. The van der Waals surface area contributed by atoms with Crippen molar-refractivity contribution < 1.29 is 22.7 Å². The van der Waals surface area contributed by atoms with Crippen LogP contribution in [0.15, 0.2) is 12.1 Å². The zero-order valence-corrected chi connectivity index (χ0v) is 8.18. The molecule has 15 heavy (non-hydrogen) atoms. The summed E-state index contributed by atoms with van der Waals surface area (Å²) in [4.78, 5) is 10.6. The van der Waals surface area contributed by atoms with Gasteiger partial charge in [0.05, 0.1) is 12.7 Å². The van der Waals surface area contributed by atoms with Gasteiger partial charge in [0, 0.05) is 11.1 Å². The van der Waals surface area contributed by atoms with E-state index in [4.69, 9.17) is 4.74 Å². The van der Waals surface area contributed by atoms with Crippen LogP contribution in [0.1, 0.15) is 21.5 Å². The van der Waals surface area contributed by atoms with E-state index in [1.807, 2.05) is 0 Å². The highest BCUT2D eigenvalue weighted by Gasteiger charge is 2.32. The molecule has 0 heterocycles. The minimum absolute atomic E-state index is 0.0123. The van der Waals surface area contributed by atoms with E-state index in [9.17, 15) is 18.0 Å². The fourth-order valence-electron chi connectivity index (χ4n) is 1.21. The van der Waals surface area contributed by atoms with E-state index in [0.717, 1.165) is 12.1 Å². The summed E-state index contributed by atoms with van der Waals surface area (Å²) in [5.41, 5.74) is -0.491. The molecule has 0 aliphatic rings. The molecule has 0 radical (unpaired) electrons. The largest absolute Gasteiger partial charge is 0.496 e. The summed E-state index contributed by atoms with van der Waals surface area (Å²) < 4.78 is 41.9. The highest BCUT2D eigenvalue weighted by atomic mass is 19.4. The molecule has 0 saturated carbocycles. The van der Waals surface area contributed by atoms with E-state index >= 15 is 0 Å². The lowest BCUT2D eigenvalue weighted by atomic mass is 10.0. The molecule has 0 unspecified atom stereocenters. The Morgan fingerprint density at radius 3 is 2.33 bits per heavy atom. The summed E-state index contributed by atoms with van der Waals surface area (Å²) in [6.07, 6.45) is -4.09. The van der Waals surface area contributed by atoms with Gasteiger partial charge in [-0.25, -0.2) is 0 Å². The van der Waals surface area contributed by atoms with Crippen molar-refractivity contribution in [3.05, 3.63) is 28.8 Å². The van der Waals surface area contributed by atoms with Crippen LogP contribution in [0, 0.1) is 6.92 Å². The number of methoxy groups -OCH3 is 1. The summed E-state index contributed by atoms with van der Waals surface area (Å²) in [6.45, 7) is 1.53. The summed E-state index contributed by atoms with van der Waals surface area (Å²) in [7, 11) is 1.26. The fraction of sp³-hybridized carbons (Fsp3) is 0.300. The maximum atomic E-state index is 12.4. The molecular weight excluding hydrogens is 209 g/mol. The summed E-state index contributed by atoms with van der Waals surface area (Å²) in [5.74, 6) is 0.0620. The van der Waals surface area contributed by atoms with E-state index in [-0.39, 0.29) is 11.3 Å². The van der Waals surface area contributed by atoms with Crippen molar-refractivity contribution >= 4 is 6.29 Å². The molecule has 0 bridgehead atoms. The Morgan fingerprint density at radius 2 is 1.93 bits per heavy atom. The van der Waals surface area contributed by atoms with Crippen molar-refractivity contribution in [1.29, 1.82) is 0 Å². The number of rotatable bonds is 2. The Labute approximate surface area is 84.7 Å². The van der Waals surface area contributed by atoms with Gasteiger partial charge in [-0.3, -0.25) is 4.79 Å². The summed E-state index contributed by atoms with van der Waals surface area (Å²) >= 11 is 0. The number of hydrogen-bond donors (Lipinski definition) is 0. The van der Waals surface area contributed by atoms with Crippen LogP contribution in [0.4, 0.5) is 13.2 Å². The Bertz CT molecular complexity index is 383. The maximum Gasteiger partial charge on any atom is 0.416 e. The molecule has 0 aromatic heterocycles. The Kier molecular flexibility index (Phi) is 3.02. The first-order valence-corrected chi connectivity index (χ1v) is 4.11. The second-order valence-electron chi connectivity index (χ2n) is 3.01. The van der Waals surface area contributed by atoms with Gasteiger partial charge in [-0.1, -0.05) is 0 Å². The lowest BCUT2D eigenvalue weighted by Gasteiger charge is -2.12. The molecule has 82 valence electrons. The molecule has 0 spiro atoms. The second-order valence-corrected chi connectivity index (χ2v) is 3.01. The number of ether oxygens (including phenoxy) is 1. The predicted molar refractivity (Wildman–Crippen MR) is 48.1 cm³/mol. The van der Waals surface area contributed by atoms with Crippen LogP contribution in [0.5, 0.6) is 5.75 Å².